The molecule has 0 spiro atoms. The molecule has 1 aliphatic heterocycles. The monoisotopic (exact) mass is 756 g/mol. The molecule has 7 nitrogen and oxygen atoms in total. The van der Waals surface area contributed by atoms with Crippen LogP contribution in [0.2, 0.25) is 0 Å². The van der Waals surface area contributed by atoms with Crippen molar-refractivity contribution < 1.29 is 33.6 Å². The normalized spacial score (nSPS) is 18.3. The number of aliphatic hydroxyl groups is 1. The largest absolute Gasteiger partial charge is 0.455 e. The lowest BCUT2D eigenvalue weighted by Crippen LogP contribution is -2.43. The third-order valence-corrected chi connectivity index (χ3v) is 10.8. The molecule has 302 valence electrons. The summed E-state index contributed by atoms with van der Waals surface area (Å²) in [5.74, 6) is -0.819. The Bertz CT molecular complexity index is 1350. The zero-order chi connectivity index (χ0) is 39.0. The molecule has 0 aliphatic carbocycles. The number of hydrogen-bond acceptors (Lipinski definition) is 7. The quantitative estimate of drug-likeness (QED) is 0.0448. The van der Waals surface area contributed by atoms with Gasteiger partial charge in [0.15, 0.2) is 18.5 Å². The number of unbranched alkanes of at least 4 members (excludes halogenated alkanes) is 16. The second kappa shape index (κ2) is 25.6. The lowest BCUT2D eigenvalue weighted by molar-refractivity contribution is -0.177. The van der Waals surface area contributed by atoms with E-state index in [9.17, 15) is 14.7 Å². The third kappa shape index (κ3) is 14.5. The maximum absolute atomic E-state index is 13.4. The SMILES string of the molecule is CCCCCCCCCCCC(=O)O[C@@H]1[C@H](OC(=O)CCCCCCCCCCC)[C@@H](COC(c2ccccc2)(c2ccccc2)c2ccccc2)O[C@H]1O. The number of aliphatic hydroxyl groups excluding tert-OH is 1. The molecule has 0 unspecified atom stereocenters. The first kappa shape index (κ1) is 44.2. The predicted molar refractivity (Wildman–Crippen MR) is 219 cm³/mol. The molecule has 1 heterocycles. The lowest BCUT2D eigenvalue weighted by Gasteiger charge is -2.37. The molecule has 55 heavy (non-hydrogen) atoms. The van der Waals surface area contributed by atoms with Gasteiger partial charge in [-0.25, -0.2) is 0 Å². The Morgan fingerprint density at radius 3 is 1.25 bits per heavy atom. The molecule has 3 aromatic rings. The summed E-state index contributed by atoms with van der Waals surface area (Å²) in [6, 6.07) is 30.0. The minimum absolute atomic E-state index is 0.0436. The van der Waals surface area contributed by atoms with Gasteiger partial charge in [-0.15, -0.1) is 0 Å². The zero-order valence-corrected chi connectivity index (χ0v) is 33.7. The highest BCUT2D eigenvalue weighted by molar-refractivity contribution is 5.71. The summed E-state index contributed by atoms with van der Waals surface area (Å²) in [4.78, 5) is 26.5. The number of esters is 2. The zero-order valence-electron chi connectivity index (χ0n) is 33.7. The van der Waals surface area contributed by atoms with Gasteiger partial charge in [0.05, 0.1) is 6.61 Å². The standard InChI is InChI=1S/C48H68O7/c1-3-5-7-9-11-13-15-17-28-36-43(49)54-45-42(53-47(51)46(45)55-44(50)37-29-18-16-14-12-10-8-6-4-2)38-52-48(39-30-22-19-23-31-39,40-32-24-20-25-33-40)41-34-26-21-27-35-41/h19-27,30-35,42,45-47,51H,3-18,28-29,36-38H2,1-2H3/t42-,45-,46-,47-/m1/s1. The number of ether oxygens (including phenoxy) is 4. The Hall–Kier alpha value is -3.52. The Balaban J connectivity index is 1.45. The molecular formula is C48H68O7. The number of carbonyl (C=O) groups is 2. The summed E-state index contributed by atoms with van der Waals surface area (Å²) >= 11 is 0. The van der Waals surface area contributed by atoms with Gasteiger partial charge < -0.3 is 24.1 Å². The molecule has 0 radical (unpaired) electrons. The Morgan fingerprint density at radius 1 is 0.527 bits per heavy atom. The van der Waals surface area contributed by atoms with Crippen LogP contribution in [0.1, 0.15) is 159 Å². The second-order valence-electron chi connectivity index (χ2n) is 15.2. The molecule has 4 rings (SSSR count). The highest BCUT2D eigenvalue weighted by Crippen LogP contribution is 2.41. The fraction of sp³-hybridized carbons (Fsp3) is 0.583. The smallest absolute Gasteiger partial charge is 0.306 e. The van der Waals surface area contributed by atoms with E-state index >= 15 is 0 Å². The van der Waals surface area contributed by atoms with Gasteiger partial charge in [0.2, 0.25) is 0 Å². The van der Waals surface area contributed by atoms with Gasteiger partial charge in [0.1, 0.15) is 11.7 Å². The maximum atomic E-state index is 13.4. The average molecular weight is 757 g/mol. The lowest BCUT2D eigenvalue weighted by atomic mass is 9.80. The molecule has 4 atom stereocenters. The van der Waals surface area contributed by atoms with E-state index in [1.807, 2.05) is 91.0 Å². The van der Waals surface area contributed by atoms with E-state index in [1.165, 1.54) is 77.0 Å². The van der Waals surface area contributed by atoms with Crippen LogP contribution in [-0.2, 0) is 34.1 Å². The van der Waals surface area contributed by atoms with Crippen LogP contribution in [0, 0.1) is 0 Å². The summed E-state index contributed by atoms with van der Waals surface area (Å²) in [6.45, 7) is 4.41. The van der Waals surface area contributed by atoms with Crippen molar-refractivity contribution in [1.29, 1.82) is 0 Å². The Kier molecular flexibility index (Phi) is 20.6. The van der Waals surface area contributed by atoms with Gasteiger partial charge in [0, 0.05) is 12.8 Å². The van der Waals surface area contributed by atoms with Crippen LogP contribution < -0.4 is 0 Å². The summed E-state index contributed by atoms with van der Waals surface area (Å²) in [6.07, 6.45) is 16.4. The van der Waals surface area contributed by atoms with E-state index in [0.717, 1.165) is 42.4 Å². The number of benzene rings is 3. The van der Waals surface area contributed by atoms with Gasteiger partial charge in [-0.2, -0.15) is 0 Å². The van der Waals surface area contributed by atoms with Crippen molar-refractivity contribution >= 4 is 11.9 Å². The topological polar surface area (TPSA) is 91.3 Å². The second-order valence-corrected chi connectivity index (χ2v) is 15.2. The minimum atomic E-state index is -1.47. The van der Waals surface area contributed by atoms with E-state index in [1.54, 1.807) is 0 Å². The number of hydrogen-bond donors (Lipinski definition) is 1. The van der Waals surface area contributed by atoms with Crippen LogP contribution in [-0.4, -0.2) is 48.3 Å². The van der Waals surface area contributed by atoms with Crippen molar-refractivity contribution in [2.75, 3.05) is 6.61 Å². The van der Waals surface area contributed by atoms with Gasteiger partial charge in [0.25, 0.3) is 0 Å². The molecule has 1 saturated heterocycles. The Morgan fingerprint density at radius 2 is 0.873 bits per heavy atom. The van der Waals surface area contributed by atoms with Crippen LogP contribution in [0.5, 0.6) is 0 Å². The molecule has 0 bridgehead atoms. The van der Waals surface area contributed by atoms with Gasteiger partial charge in [-0.1, -0.05) is 208 Å². The molecule has 1 fully saturated rings. The highest BCUT2D eigenvalue weighted by Gasteiger charge is 2.50. The molecule has 3 aromatic carbocycles. The number of carbonyl (C=O) groups excluding carboxylic acids is 2. The number of rotatable bonds is 28. The third-order valence-electron chi connectivity index (χ3n) is 10.8. The fourth-order valence-electron chi connectivity index (χ4n) is 7.67. The fourth-order valence-corrected chi connectivity index (χ4v) is 7.67. The minimum Gasteiger partial charge on any atom is -0.455 e. The first-order valence-corrected chi connectivity index (χ1v) is 21.5. The van der Waals surface area contributed by atoms with Crippen molar-refractivity contribution in [2.45, 2.75) is 172 Å². The first-order valence-electron chi connectivity index (χ1n) is 21.5. The van der Waals surface area contributed by atoms with Crippen molar-refractivity contribution in [2.24, 2.45) is 0 Å². The molecular weight excluding hydrogens is 689 g/mol. The first-order chi connectivity index (χ1) is 27.0. The van der Waals surface area contributed by atoms with E-state index in [2.05, 4.69) is 13.8 Å². The molecule has 1 N–H and O–H groups in total. The predicted octanol–water partition coefficient (Wildman–Crippen LogP) is 11.4. The summed E-state index contributed by atoms with van der Waals surface area (Å²) < 4.78 is 25.0. The summed E-state index contributed by atoms with van der Waals surface area (Å²) in [5, 5.41) is 11.2. The van der Waals surface area contributed by atoms with Gasteiger partial charge in [-0.05, 0) is 29.5 Å². The molecule has 0 saturated carbocycles. The molecule has 0 amide bonds. The van der Waals surface area contributed by atoms with E-state index < -0.39 is 42.1 Å². The van der Waals surface area contributed by atoms with Crippen molar-refractivity contribution in [3.63, 3.8) is 0 Å². The van der Waals surface area contributed by atoms with Crippen LogP contribution in [0.25, 0.3) is 0 Å². The average Bonchev–Trinajstić information content (AvgIpc) is 3.50. The van der Waals surface area contributed by atoms with Crippen LogP contribution in [0.3, 0.4) is 0 Å². The van der Waals surface area contributed by atoms with Gasteiger partial charge in [-0.3, -0.25) is 9.59 Å². The maximum Gasteiger partial charge on any atom is 0.306 e. The van der Waals surface area contributed by atoms with Crippen molar-refractivity contribution in [1.82, 2.24) is 0 Å². The Labute approximate surface area is 331 Å². The molecule has 7 heteroatoms. The summed E-state index contributed by atoms with van der Waals surface area (Å²) in [5.41, 5.74) is 1.69. The van der Waals surface area contributed by atoms with Crippen LogP contribution in [0.4, 0.5) is 0 Å². The van der Waals surface area contributed by atoms with Crippen LogP contribution >= 0.6 is 0 Å². The van der Waals surface area contributed by atoms with Crippen molar-refractivity contribution in [3.05, 3.63) is 108 Å². The van der Waals surface area contributed by atoms with E-state index in [0.29, 0.717) is 12.8 Å². The highest BCUT2D eigenvalue weighted by atomic mass is 16.7. The molecule has 0 aromatic heterocycles. The van der Waals surface area contributed by atoms with E-state index in [-0.39, 0.29) is 19.4 Å². The molecule has 1 aliphatic rings. The van der Waals surface area contributed by atoms with E-state index in [4.69, 9.17) is 18.9 Å². The van der Waals surface area contributed by atoms with Crippen LogP contribution in [0.15, 0.2) is 91.0 Å². The van der Waals surface area contributed by atoms with Crippen molar-refractivity contribution in [3.8, 4) is 0 Å². The van der Waals surface area contributed by atoms with Gasteiger partial charge >= 0.3 is 11.9 Å². The summed E-state index contributed by atoms with van der Waals surface area (Å²) in [7, 11) is 0.